The van der Waals surface area contributed by atoms with Gasteiger partial charge in [0.2, 0.25) is 5.91 Å². The van der Waals surface area contributed by atoms with Gasteiger partial charge in [0.15, 0.2) is 0 Å². The van der Waals surface area contributed by atoms with E-state index in [-0.39, 0.29) is 29.6 Å². The molecule has 1 unspecified atom stereocenters. The first kappa shape index (κ1) is 17.3. The van der Waals surface area contributed by atoms with Gasteiger partial charge in [-0.15, -0.1) is 24.2 Å². The van der Waals surface area contributed by atoms with Gasteiger partial charge in [-0.25, -0.2) is 0 Å². The molecule has 0 aliphatic rings. The maximum atomic E-state index is 11.7. The monoisotopic (exact) mass is 288 g/mol. The standard InChI is InChI=1S/C13H20N2OS.ClH/c1-10(8-14)15-13(16)11(2)17-9-12-6-4-3-5-7-12;/h3-7,10-11H,8-9,14H2,1-2H3,(H,15,16);1H/t10-,11?;/m0./s1. The molecule has 0 radical (unpaired) electrons. The normalized spacial score (nSPS) is 13.3. The van der Waals surface area contributed by atoms with Gasteiger partial charge in [0.25, 0.3) is 0 Å². The van der Waals surface area contributed by atoms with Gasteiger partial charge < -0.3 is 11.1 Å². The molecule has 0 heterocycles. The molecule has 0 aliphatic carbocycles. The quantitative estimate of drug-likeness (QED) is 0.844. The fraction of sp³-hybridized carbons (Fsp3) is 0.462. The van der Waals surface area contributed by atoms with Crippen LogP contribution in [0.25, 0.3) is 0 Å². The van der Waals surface area contributed by atoms with Gasteiger partial charge in [-0.3, -0.25) is 4.79 Å². The molecule has 18 heavy (non-hydrogen) atoms. The van der Waals surface area contributed by atoms with E-state index in [9.17, 15) is 4.79 Å². The number of carbonyl (C=O) groups is 1. The van der Waals surface area contributed by atoms with Gasteiger partial charge >= 0.3 is 0 Å². The Labute approximate surface area is 119 Å². The van der Waals surface area contributed by atoms with E-state index in [0.717, 1.165) is 5.75 Å². The molecule has 0 bridgehead atoms. The molecule has 0 fully saturated rings. The van der Waals surface area contributed by atoms with Gasteiger partial charge in [-0.2, -0.15) is 0 Å². The van der Waals surface area contributed by atoms with E-state index in [1.807, 2.05) is 32.0 Å². The first-order chi connectivity index (χ1) is 8.13. The molecular formula is C13H21ClN2OS. The zero-order valence-electron chi connectivity index (χ0n) is 10.8. The smallest absolute Gasteiger partial charge is 0.233 e. The van der Waals surface area contributed by atoms with E-state index >= 15 is 0 Å². The molecule has 0 aliphatic heterocycles. The van der Waals surface area contributed by atoms with E-state index in [4.69, 9.17) is 5.73 Å². The summed E-state index contributed by atoms with van der Waals surface area (Å²) in [6, 6.07) is 10.2. The number of nitrogens with one attached hydrogen (secondary N) is 1. The van der Waals surface area contributed by atoms with E-state index in [1.165, 1.54) is 5.56 Å². The molecule has 0 spiro atoms. The van der Waals surface area contributed by atoms with Crippen LogP contribution in [-0.2, 0) is 10.5 Å². The zero-order valence-corrected chi connectivity index (χ0v) is 12.4. The molecule has 1 aromatic rings. The Kier molecular flexibility index (Phi) is 8.89. The van der Waals surface area contributed by atoms with Crippen molar-refractivity contribution in [3.05, 3.63) is 35.9 Å². The van der Waals surface area contributed by atoms with Crippen molar-refractivity contribution in [3.8, 4) is 0 Å². The lowest BCUT2D eigenvalue weighted by atomic mass is 10.2. The summed E-state index contributed by atoms with van der Waals surface area (Å²) >= 11 is 1.64. The fourth-order valence-corrected chi connectivity index (χ4v) is 2.14. The van der Waals surface area contributed by atoms with Crippen LogP contribution in [0, 0.1) is 0 Å². The molecule has 2 atom stereocenters. The predicted molar refractivity (Wildman–Crippen MR) is 81.1 cm³/mol. The molecule has 0 saturated carbocycles. The summed E-state index contributed by atoms with van der Waals surface area (Å²) in [5, 5.41) is 2.83. The summed E-state index contributed by atoms with van der Waals surface area (Å²) < 4.78 is 0. The lowest BCUT2D eigenvalue weighted by molar-refractivity contribution is -0.120. The second-order valence-corrected chi connectivity index (χ2v) is 5.41. The number of thioether (sulfide) groups is 1. The summed E-state index contributed by atoms with van der Waals surface area (Å²) in [6.07, 6.45) is 0. The first-order valence-electron chi connectivity index (χ1n) is 5.79. The predicted octanol–water partition coefficient (Wildman–Crippen LogP) is 2.19. The summed E-state index contributed by atoms with van der Waals surface area (Å²) in [5.41, 5.74) is 6.70. The summed E-state index contributed by atoms with van der Waals surface area (Å²) in [4.78, 5) is 11.7. The minimum atomic E-state index is -0.0517. The number of rotatable bonds is 6. The third kappa shape index (κ3) is 6.28. The molecule has 3 nitrogen and oxygen atoms in total. The van der Waals surface area contributed by atoms with Gasteiger partial charge in [0, 0.05) is 18.3 Å². The van der Waals surface area contributed by atoms with Crippen molar-refractivity contribution in [2.45, 2.75) is 30.9 Å². The minimum Gasteiger partial charge on any atom is -0.351 e. The average Bonchev–Trinajstić information content (AvgIpc) is 2.36. The number of hydrogen-bond donors (Lipinski definition) is 2. The summed E-state index contributed by atoms with van der Waals surface area (Å²) in [6.45, 7) is 4.31. The van der Waals surface area contributed by atoms with Crippen molar-refractivity contribution in [2.24, 2.45) is 5.73 Å². The van der Waals surface area contributed by atoms with Crippen LogP contribution in [0.3, 0.4) is 0 Å². The molecule has 3 N–H and O–H groups in total. The Bertz CT molecular complexity index is 348. The molecule has 1 amide bonds. The van der Waals surface area contributed by atoms with Crippen LogP contribution in [0.4, 0.5) is 0 Å². The molecular weight excluding hydrogens is 268 g/mol. The molecule has 0 saturated heterocycles. The number of carbonyl (C=O) groups excluding carboxylic acids is 1. The van der Waals surface area contributed by atoms with Crippen LogP contribution < -0.4 is 11.1 Å². The first-order valence-corrected chi connectivity index (χ1v) is 6.84. The van der Waals surface area contributed by atoms with Crippen molar-refractivity contribution in [1.82, 2.24) is 5.32 Å². The number of hydrogen-bond acceptors (Lipinski definition) is 3. The third-order valence-corrected chi connectivity index (χ3v) is 3.67. The highest BCUT2D eigenvalue weighted by molar-refractivity contribution is 7.99. The Morgan fingerprint density at radius 1 is 1.33 bits per heavy atom. The number of nitrogens with two attached hydrogens (primary N) is 1. The third-order valence-electron chi connectivity index (χ3n) is 2.45. The lowest BCUT2D eigenvalue weighted by Crippen LogP contribution is -2.41. The highest BCUT2D eigenvalue weighted by Crippen LogP contribution is 2.17. The second kappa shape index (κ2) is 9.25. The van der Waals surface area contributed by atoms with Gasteiger partial charge in [0.1, 0.15) is 0 Å². The topological polar surface area (TPSA) is 55.1 Å². The average molecular weight is 289 g/mol. The largest absolute Gasteiger partial charge is 0.351 e. The Balaban J connectivity index is 0.00000289. The van der Waals surface area contributed by atoms with Crippen molar-refractivity contribution in [3.63, 3.8) is 0 Å². The van der Waals surface area contributed by atoms with Crippen LogP contribution in [0.2, 0.25) is 0 Å². The van der Waals surface area contributed by atoms with Crippen molar-refractivity contribution >= 4 is 30.1 Å². The molecule has 5 heteroatoms. The van der Waals surface area contributed by atoms with E-state index in [0.29, 0.717) is 6.54 Å². The number of amides is 1. The Morgan fingerprint density at radius 2 is 1.94 bits per heavy atom. The van der Waals surface area contributed by atoms with E-state index in [1.54, 1.807) is 11.8 Å². The van der Waals surface area contributed by atoms with Crippen LogP contribution in [0.5, 0.6) is 0 Å². The summed E-state index contributed by atoms with van der Waals surface area (Å²) in [5.74, 6) is 0.913. The molecule has 1 rings (SSSR count). The Hall–Kier alpha value is -0.710. The maximum absolute atomic E-state index is 11.7. The van der Waals surface area contributed by atoms with Crippen LogP contribution in [-0.4, -0.2) is 23.7 Å². The zero-order chi connectivity index (χ0) is 12.7. The van der Waals surface area contributed by atoms with E-state index in [2.05, 4.69) is 17.4 Å². The van der Waals surface area contributed by atoms with Crippen molar-refractivity contribution < 1.29 is 4.79 Å². The number of halogens is 1. The Morgan fingerprint density at radius 3 is 2.50 bits per heavy atom. The maximum Gasteiger partial charge on any atom is 0.233 e. The SMILES string of the molecule is CC(SCc1ccccc1)C(=O)N[C@@H](C)CN.Cl. The highest BCUT2D eigenvalue weighted by Gasteiger charge is 2.14. The van der Waals surface area contributed by atoms with Gasteiger partial charge in [0.05, 0.1) is 5.25 Å². The molecule has 0 aromatic heterocycles. The van der Waals surface area contributed by atoms with Crippen LogP contribution >= 0.6 is 24.2 Å². The fourth-order valence-electron chi connectivity index (χ4n) is 1.29. The highest BCUT2D eigenvalue weighted by atomic mass is 35.5. The van der Waals surface area contributed by atoms with E-state index < -0.39 is 0 Å². The minimum absolute atomic E-state index is 0. The van der Waals surface area contributed by atoms with Crippen molar-refractivity contribution in [2.75, 3.05) is 6.54 Å². The summed E-state index contributed by atoms with van der Waals surface area (Å²) in [7, 11) is 0. The molecule has 1 aromatic carbocycles. The van der Waals surface area contributed by atoms with Gasteiger partial charge in [-0.05, 0) is 19.4 Å². The number of benzene rings is 1. The van der Waals surface area contributed by atoms with Crippen LogP contribution in [0.1, 0.15) is 19.4 Å². The van der Waals surface area contributed by atoms with Crippen molar-refractivity contribution in [1.29, 1.82) is 0 Å². The lowest BCUT2D eigenvalue weighted by Gasteiger charge is -2.15. The molecule has 102 valence electrons. The van der Waals surface area contributed by atoms with Crippen LogP contribution in [0.15, 0.2) is 30.3 Å². The second-order valence-electron chi connectivity index (χ2n) is 4.08. The van der Waals surface area contributed by atoms with Gasteiger partial charge in [-0.1, -0.05) is 30.3 Å².